The molecule has 8 nitrogen and oxygen atoms in total. The lowest BCUT2D eigenvalue weighted by atomic mass is 9.93. The van der Waals surface area contributed by atoms with Crippen LogP contribution in [0.3, 0.4) is 0 Å². The van der Waals surface area contributed by atoms with Crippen LogP contribution in [0.4, 0.5) is 0 Å². The molecule has 0 unspecified atom stereocenters. The molecule has 0 bridgehead atoms. The second kappa shape index (κ2) is 15.0. The maximum atomic E-state index is 14.4. The fourth-order valence-electron chi connectivity index (χ4n) is 7.00. The smallest absolute Gasteiger partial charge is 0.351 e. The molecule has 0 radical (unpaired) electrons. The van der Waals surface area contributed by atoms with Crippen LogP contribution in [0.1, 0.15) is 35.0 Å². The van der Waals surface area contributed by atoms with Gasteiger partial charge in [-0.1, -0.05) is 127 Å². The summed E-state index contributed by atoms with van der Waals surface area (Å²) in [6.45, 7) is 0. The predicted molar refractivity (Wildman–Crippen MR) is 200 cm³/mol. The van der Waals surface area contributed by atoms with Crippen molar-refractivity contribution in [1.29, 1.82) is 0 Å². The van der Waals surface area contributed by atoms with Gasteiger partial charge in [-0.3, -0.25) is 0 Å². The number of methoxy groups -OCH3 is 3. The molecule has 0 aliphatic rings. The van der Waals surface area contributed by atoms with Crippen molar-refractivity contribution in [3.8, 4) is 0 Å². The van der Waals surface area contributed by atoms with Gasteiger partial charge >= 0.3 is 17.9 Å². The zero-order valence-corrected chi connectivity index (χ0v) is 28.9. The van der Waals surface area contributed by atoms with E-state index in [0.29, 0.717) is 16.7 Å². The van der Waals surface area contributed by atoms with Gasteiger partial charge in [0.2, 0.25) is 6.10 Å². The van der Waals surface area contributed by atoms with Crippen molar-refractivity contribution < 1.29 is 38.1 Å². The lowest BCUT2D eigenvalue weighted by molar-refractivity contribution is -0.190. The first-order valence-corrected chi connectivity index (χ1v) is 16.8. The molecule has 0 amide bonds. The largest absolute Gasteiger partial charge is 0.466 e. The van der Waals surface area contributed by atoms with E-state index in [1.54, 1.807) is 30.3 Å². The number of hydrogen-bond donors (Lipinski definition) is 0. The van der Waals surface area contributed by atoms with Crippen molar-refractivity contribution in [1.82, 2.24) is 0 Å². The van der Waals surface area contributed by atoms with Gasteiger partial charge in [0.15, 0.2) is 18.3 Å². The summed E-state index contributed by atoms with van der Waals surface area (Å²) in [7, 11) is 4.01. The molecule has 0 spiro atoms. The second-order valence-electron chi connectivity index (χ2n) is 12.3. The Hall–Kier alpha value is -6.09. The second-order valence-corrected chi connectivity index (χ2v) is 12.3. The number of fused-ring (bicyclic) bond motifs is 4. The minimum Gasteiger partial charge on any atom is -0.466 e. The summed E-state index contributed by atoms with van der Waals surface area (Å²) in [6, 6.07) is 43.5. The highest BCUT2D eigenvalue weighted by Gasteiger charge is 2.41. The van der Waals surface area contributed by atoms with Crippen molar-refractivity contribution in [2.24, 2.45) is 0 Å². The van der Waals surface area contributed by atoms with Crippen molar-refractivity contribution in [3.63, 3.8) is 0 Å². The van der Waals surface area contributed by atoms with Gasteiger partial charge in [0.1, 0.15) is 0 Å². The quantitative estimate of drug-likeness (QED) is 0.0755. The van der Waals surface area contributed by atoms with E-state index in [0.717, 1.165) is 43.1 Å². The average molecular weight is 693 g/mol. The topological polar surface area (TPSA) is 97.4 Å². The Morgan fingerprint density at radius 2 is 0.808 bits per heavy atom. The molecule has 0 aliphatic heterocycles. The molecular weight excluding hydrogens is 656 g/mol. The third-order valence-electron chi connectivity index (χ3n) is 9.37. The van der Waals surface area contributed by atoms with Crippen LogP contribution in [0.25, 0.3) is 43.1 Å². The fraction of sp³-hybridized carbons (Fsp3) is 0.159. The molecule has 0 N–H and O–H groups in total. The lowest BCUT2D eigenvalue weighted by Crippen LogP contribution is -2.39. The highest BCUT2D eigenvalue weighted by Crippen LogP contribution is 2.38. The van der Waals surface area contributed by atoms with Crippen LogP contribution >= 0.6 is 0 Å². The summed E-state index contributed by atoms with van der Waals surface area (Å²) in [5.74, 6) is -2.57. The minimum atomic E-state index is -1.70. The average Bonchev–Trinajstić information content (AvgIpc) is 3.19. The Balaban J connectivity index is 1.29. The summed E-state index contributed by atoms with van der Waals surface area (Å²) in [6.07, 6.45) is -5.57. The molecule has 0 heterocycles. The molecule has 0 fully saturated rings. The predicted octanol–water partition coefficient (Wildman–Crippen LogP) is 8.74. The number of benzene rings is 7. The minimum absolute atomic E-state index is 0.404. The standard InChI is InChI=1S/C44H36O8/c1-48-39(36-32-21-11-7-17-28(32)25-29-18-8-12-22-33(29)36)43(46)51-38(27-15-5-4-6-16-27)41(42(45)50-3)52-44(47)40(49-2)37-34-23-13-9-19-30(34)26-31-20-10-14-24-35(31)37/h4-26,38-41H,1-3H3/t38-,39+,40+,41-/m0/s1. The molecule has 4 atom stereocenters. The van der Waals surface area contributed by atoms with Gasteiger partial charge < -0.3 is 23.7 Å². The lowest BCUT2D eigenvalue weighted by Gasteiger charge is -2.29. The number of hydrogen-bond acceptors (Lipinski definition) is 8. The van der Waals surface area contributed by atoms with Crippen LogP contribution in [-0.2, 0) is 38.1 Å². The molecular formula is C44H36O8. The summed E-state index contributed by atoms with van der Waals surface area (Å²) in [5, 5.41) is 6.82. The Morgan fingerprint density at radius 1 is 0.442 bits per heavy atom. The first-order valence-electron chi connectivity index (χ1n) is 16.8. The molecule has 8 heteroatoms. The van der Waals surface area contributed by atoms with Crippen LogP contribution < -0.4 is 0 Å². The monoisotopic (exact) mass is 692 g/mol. The van der Waals surface area contributed by atoms with Crippen molar-refractivity contribution in [2.45, 2.75) is 24.4 Å². The Morgan fingerprint density at radius 3 is 1.19 bits per heavy atom. The third-order valence-corrected chi connectivity index (χ3v) is 9.37. The molecule has 7 rings (SSSR count). The van der Waals surface area contributed by atoms with Crippen LogP contribution in [0.2, 0.25) is 0 Å². The van der Waals surface area contributed by atoms with E-state index >= 15 is 0 Å². The number of esters is 3. The van der Waals surface area contributed by atoms with Crippen molar-refractivity contribution in [3.05, 3.63) is 156 Å². The third kappa shape index (κ3) is 6.46. The van der Waals surface area contributed by atoms with E-state index < -0.39 is 42.3 Å². The number of carbonyl (C=O) groups is 3. The van der Waals surface area contributed by atoms with Gasteiger partial charge in [0.05, 0.1) is 7.11 Å². The maximum absolute atomic E-state index is 14.4. The molecule has 0 aromatic heterocycles. The van der Waals surface area contributed by atoms with E-state index in [2.05, 4.69) is 6.07 Å². The van der Waals surface area contributed by atoms with E-state index in [-0.39, 0.29) is 0 Å². The van der Waals surface area contributed by atoms with E-state index in [1.807, 2.05) is 103 Å². The van der Waals surface area contributed by atoms with Gasteiger partial charge in [-0.15, -0.1) is 0 Å². The van der Waals surface area contributed by atoms with Crippen LogP contribution in [0, 0.1) is 0 Å². The maximum Gasteiger partial charge on any atom is 0.351 e. The zero-order chi connectivity index (χ0) is 36.2. The van der Waals surface area contributed by atoms with E-state index in [1.165, 1.54) is 21.3 Å². The Labute approximate surface area is 300 Å². The number of carbonyl (C=O) groups excluding carboxylic acids is 3. The SMILES string of the molecule is COC(=O)[C@@H](OC(=O)[C@H](OC)c1c2ccccc2cc2ccccc12)[C@@H](OC(=O)[C@H](OC)c1c2ccccc2cc2ccccc12)c1ccccc1. The fourth-order valence-corrected chi connectivity index (χ4v) is 7.00. The Kier molecular flexibility index (Phi) is 9.93. The van der Waals surface area contributed by atoms with Crippen LogP contribution in [0.5, 0.6) is 0 Å². The van der Waals surface area contributed by atoms with Gasteiger partial charge in [-0.2, -0.15) is 0 Å². The molecule has 0 aliphatic carbocycles. The van der Waals surface area contributed by atoms with Gasteiger partial charge in [0.25, 0.3) is 0 Å². The molecule has 260 valence electrons. The summed E-state index contributed by atoms with van der Waals surface area (Å²) in [5.41, 5.74) is 1.60. The van der Waals surface area contributed by atoms with Gasteiger partial charge in [-0.25, -0.2) is 14.4 Å². The summed E-state index contributed by atoms with van der Waals surface area (Å²) in [4.78, 5) is 42.3. The molecule has 52 heavy (non-hydrogen) atoms. The van der Waals surface area contributed by atoms with Crippen molar-refractivity contribution >= 4 is 61.0 Å². The summed E-state index contributed by atoms with van der Waals surface area (Å²) < 4.78 is 29.1. The molecule has 7 aromatic carbocycles. The highest BCUT2D eigenvalue weighted by molar-refractivity contribution is 6.06. The van der Waals surface area contributed by atoms with Crippen molar-refractivity contribution in [2.75, 3.05) is 21.3 Å². The molecule has 0 saturated carbocycles. The van der Waals surface area contributed by atoms with E-state index in [9.17, 15) is 14.4 Å². The summed E-state index contributed by atoms with van der Waals surface area (Å²) >= 11 is 0. The number of rotatable bonds is 11. The van der Waals surface area contributed by atoms with E-state index in [4.69, 9.17) is 23.7 Å². The van der Waals surface area contributed by atoms with Gasteiger partial charge in [0, 0.05) is 25.3 Å². The normalized spacial score (nSPS) is 13.8. The molecule has 0 saturated heterocycles. The zero-order valence-electron chi connectivity index (χ0n) is 28.9. The molecule has 7 aromatic rings. The van der Waals surface area contributed by atoms with Crippen LogP contribution in [-0.4, -0.2) is 45.3 Å². The van der Waals surface area contributed by atoms with Gasteiger partial charge in [-0.05, 0) is 60.8 Å². The Bertz CT molecular complexity index is 2310. The first-order chi connectivity index (χ1) is 25.4. The van der Waals surface area contributed by atoms with Crippen LogP contribution in [0.15, 0.2) is 140 Å². The number of ether oxygens (including phenoxy) is 5. The highest BCUT2D eigenvalue weighted by atomic mass is 16.6. The first kappa shape index (κ1) is 34.4.